The molecule has 1 aliphatic rings. The first kappa shape index (κ1) is 11.8. The molecular weight excluding hydrogens is 220 g/mol. The van der Waals surface area contributed by atoms with Gasteiger partial charge in [0.25, 0.3) is 11.8 Å². The molecule has 3 N–H and O–H groups in total. The highest BCUT2D eigenvalue weighted by Crippen LogP contribution is 2.22. The van der Waals surface area contributed by atoms with Gasteiger partial charge >= 0.3 is 0 Å². The molecule has 1 aromatic carbocycles. The van der Waals surface area contributed by atoms with Crippen LogP contribution in [0.4, 0.5) is 0 Å². The molecule has 0 aliphatic carbocycles. The summed E-state index contributed by atoms with van der Waals surface area (Å²) in [6.45, 7) is 0.0945. The Hall–Kier alpha value is -1.72. The summed E-state index contributed by atoms with van der Waals surface area (Å²) in [4.78, 5) is 25.0. The summed E-state index contributed by atoms with van der Waals surface area (Å²) < 4.78 is 0. The minimum Gasteiger partial charge on any atom is -0.396 e. The molecule has 2 rings (SSSR count). The Kier molecular flexibility index (Phi) is 3.21. The van der Waals surface area contributed by atoms with Crippen molar-refractivity contribution >= 4 is 11.8 Å². The van der Waals surface area contributed by atoms with E-state index in [0.29, 0.717) is 17.5 Å². The molecule has 17 heavy (non-hydrogen) atoms. The normalized spacial score (nSPS) is 16.2. The number of benzene rings is 1. The number of nitrogens with two attached hydrogens (primary N) is 1. The lowest BCUT2D eigenvalue weighted by molar-refractivity contribution is 0.0639. The second kappa shape index (κ2) is 4.65. The van der Waals surface area contributed by atoms with Crippen LogP contribution in [0, 0.1) is 0 Å². The van der Waals surface area contributed by atoms with Crippen molar-refractivity contribution in [1.29, 1.82) is 0 Å². The van der Waals surface area contributed by atoms with Crippen molar-refractivity contribution in [3.05, 3.63) is 35.4 Å². The van der Waals surface area contributed by atoms with Crippen LogP contribution >= 0.6 is 0 Å². The molecule has 5 heteroatoms. The van der Waals surface area contributed by atoms with Crippen LogP contribution in [0.2, 0.25) is 0 Å². The molecule has 1 aromatic rings. The van der Waals surface area contributed by atoms with Gasteiger partial charge in [0.05, 0.1) is 11.1 Å². The molecule has 5 nitrogen and oxygen atoms in total. The summed E-state index contributed by atoms with van der Waals surface area (Å²) in [5, 5.41) is 8.75. The first-order valence-electron chi connectivity index (χ1n) is 5.47. The van der Waals surface area contributed by atoms with Crippen molar-refractivity contribution < 1.29 is 14.7 Å². The Balaban J connectivity index is 2.19. The van der Waals surface area contributed by atoms with Gasteiger partial charge in [-0.2, -0.15) is 0 Å². The maximum atomic E-state index is 11.9. The fourth-order valence-electron chi connectivity index (χ4n) is 1.90. The smallest absolute Gasteiger partial charge is 0.261 e. The molecule has 0 saturated heterocycles. The molecule has 0 fully saturated rings. The number of nitrogens with zero attached hydrogens (tertiary/aromatic N) is 1. The number of carbonyl (C=O) groups is 2. The van der Waals surface area contributed by atoms with Gasteiger partial charge < -0.3 is 10.8 Å². The second-order valence-electron chi connectivity index (χ2n) is 4.04. The van der Waals surface area contributed by atoms with Gasteiger partial charge in [-0.05, 0) is 18.6 Å². The number of aliphatic hydroxyl groups excluding tert-OH is 1. The van der Waals surface area contributed by atoms with Crippen LogP contribution in [-0.4, -0.2) is 41.0 Å². The Morgan fingerprint density at radius 3 is 2.18 bits per heavy atom. The van der Waals surface area contributed by atoms with Gasteiger partial charge in [0, 0.05) is 19.2 Å². The van der Waals surface area contributed by atoms with E-state index in [9.17, 15) is 9.59 Å². The van der Waals surface area contributed by atoms with E-state index >= 15 is 0 Å². The summed E-state index contributed by atoms with van der Waals surface area (Å²) in [5.41, 5.74) is 6.57. The topological polar surface area (TPSA) is 83.6 Å². The molecule has 0 spiro atoms. The van der Waals surface area contributed by atoms with E-state index < -0.39 is 0 Å². The number of hydrogen-bond donors (Lipinski definition) is 2. The summed E-state index contributed by atoms with van der Waals surface area (Å²) in [5.74, 6) is -0.613. The Morgan fingerprint density at radius 2 is 1.71 bits per heavy atom. The lowest BCUT2D eigenvalue weighted by Gasteiger charge is -2.18. The zero-order valence-corrected chi connectivity index (χ0v) is 9.30. The average Bonchev–Trinajstić information content (AvgIpc) is 2.56. The summed E-state index contributed by atoms with van der Waals surface area (Å²) >= 11 is 0. The van der Waals surface area contributed by atoms with E-state index in [-0.39, 0.29) is 31.0 Å². The molecule has 0 aromatic heterocycles. The first-order chi connectivity index (χ1) is 8.15. The van der Waals surface area contributed by atoms with Gasteiger partial charge in [-0.1, -0.05) is 12.1 Å². The van der Waals surface area contributed by atoms with Crippen molar-refractivity contribution in [3.63, 3.8) is 0 Å². The molecular formula is C12H14N2O3. The third-order valence-electron chi connectivity index (χ3n) is 2.80. The van der Waals surface area contributed by atoms with Crippen molar-refractivity contribution in [2.75, 3.05) is 13.2 Å². The summed E-state index contributed by atoms with van der Waals surface area (Å²) in [7, 11) is 0. The van der Waals surface area contributed by atoms with Crippen LogP contribution in [0.3, 0.4) is 0 Å². The maximum absolute atomic E-state index is 11.9. The zero-order valence-electron chi connectivity index (χ0n) is 9.30. The first-order valence-corrected chi connectivity index (χ1v) is 5.47. The number of fused-ring (bicyclic) bond motifs is 1. The number of amides is 2. The standard InChI is InChI=1S/C12H14N2O3/c13-8(5-6-15)7-14-11(16)9-3-1-2-4-10(9)12(14)17/h1-4,8,15H,5-7,13H2/t8-/m0/s1. The lowest BCUT2D eigenvalue weighted by atomic mass is 10.1. The molecule has 1 atom stereocenters. The van der Waals surface area contributed by atoms with Gasteiger partial charge in [0.2, 0.25) is 0 Å². The van der Waals surface area contributed by atoms with Gasteiger partial charge in [-0.3, -0.25) is 14.5 Å². The Morgan fingerprint density at radius 1 is 1.18 bits per heavy atom. The van der Waals surface area contributed by atoms with Crippen LogP contribution in [0.1, 0.15) is 27.1 Å². The van der Waals surface area contributed by atoms with E-state index in [1.165, 1.54) is 0 Å². The second-order valence-corrected chi connectivity index (χ2v) is 4.04. The predicted molar refractivity (Wildman–Crippen MR) is 61.5 cm³/mol. The lowest BCUT2D eigenvalue weighted by Crippen LogP contribution is -2.41. The minimum atomic E-state index is -0.387. The predicted octanol–water partition coefficient (Wildman–Crippen LogP) is -0.00770. The fourth-order valence-corrected chi connectivity index (χ4v) is 1.90. The van der Waals surface area contributed by atoms with Crippen LogP contribution in [0.5, 0.6) is 0 Å². The van der Waals surface area contributed by atoms with Gasteiger partial charge in [-0.15, -0.1) is 0 Å². The van der Waals surface area contributed by atoms with Crippen molar-refractivity contribution in [2.45, 2.75) is 12.5 Å². The van der Waals surface area contributed by atoms with E-state index in [2.05, 4.69) is 0 Å². The number of aliphatic hydroxyl groups is 1. The fraction of sp³-hybridized carbons (Fsp3) is 0.333. The molecule has 0 bridgehead atoms. The van der Waals surface area contributed by atoms with E-state index in [0.717, 1.165) is 4.90 Å². The SMILES string of the molecule is N[C@@H](CCO)CN1C(=O)c2ccccc2C1=O. The summed E-state index contributed by atoms with van der Waals surface area (Å²) in [6.07, 6.45) is 0.368. The van der Waals surface area contributed by atoms with Gasteiger partial charge in [0.15, 0.2) is 0 Å². The molecule has 1 aliphatic heterocycles. The molecule has 1 heterocycles. The highest BCUT2D eigenvalue weighted by molar-refractivity contribution is 6.21. The molecule has 0 radical (unpaired) electrons. The highest BCUT2D eigenvalue weighted by atomic mass is 16.3. The Labute approximate surface area is 98.8 Å². The van der Waals surface area contributed by atoms with Gasteiger partial charge in [-0.25, -0.2) is 0 Å². The molecule has 0 saturated carbocycles. The molecule has 0 unspecified atom stereocenters. The summed E-state index contributed by atoms with van der Waals surface area (Å²) in [6, 6.07) is 6.32. The van der Waals surface area contributed by atoms with E-state index in [4.69, 9.17) is 10.8 Å². The van der Waals surface area contributed by atoms with Crippen LogP contribution in [-0.2, 0) is 0 Å². The maximum Gasteiger partial charge on any atom is 0.261 e. The number of imide groups is 1. The highest BCUT2D eigenvalue weighted by Gasteiger charge is 2.35. The quantitative estimate of drug-likeness (QED) is 0.718. The third kappa shape index (κ3) is 2.07. The third-order valence-corrected chi connectivity index (χ3v) is 2.80. The zero-order chi connectivity index (χ0) is 12.4. The van der Waals surface area contributed by atoms with Crippen molar-refractivity contribution in [2.24, 2.45) is 5.73 Å². The van der Waals surface area contributed by atoms with Crippen LogP contribution in [0.15, 0.2) is 24.3 Å². The largest absolute Gasteiger partial charge is 0.396 e. The molecule has 2 amide bonds. The van der Waals surface area contributed by atoms with E-state index in [1.54, 1.807) is 24.3 Å². The van der Waals surface area contributed by atoms with Crippen LogP contribution < -0.4 is 5.73 Å². The average molecular weight is 234 g/mol. The Bertz CT molecular complexity index is 424. The van der Waals surface area contributed by atoms with Gasteiger partial charge in [0.1, 0.15) is 0 Å². The molecule has 90 valence electrons. The number of carbonyl (C=O) groups excluding carboxylic acids is 2. The van der Waals surface area contributed by atoms with Crippen LogP contribution in [0.25, 0.3) is 0 Å². The van der Waals surface area contributed by atoms with E-state index in [1.807, 2.05) is 0 Å². The van der Waals surface area contributed by atoms with Crippen molar-refractivity contribution in [3.8, 4) is 0 Å². The minimum absolute atomic E-state index is 0.0513. The number of rotatable bonds is 4. The van der Waals surface area contributed by atoms with Crippen molar-refractivity contribution in [1.82, 2.24) is 4.90 Å². The monoisotopic (exact) mass is 234 g/mol. The number of hydrogen-bond acceptors (Lipinski definition) is 4.